The summed E-state index contributed by atoms with van der Waals surface area (Å²) in [6.07, 6.45) is 1.57. The second-order valence-corrected chi connectivity index (χ2v) is 3.39. The van der Waals surface area contributed by atoms with E-state index in [-0.39, 0.29) is 24.1 Å². The van der Waals surface area contributed by atoms with Crippen molar-refractivity contribution in [1.82, 2.24) is 0 Å². The molecule has 1 aromatic carbocycles. The summed E-state index contributed by atoms with van der Waals surface area (Å²) in [5.74, 6) is 0. The van der Waals surface area contributed by atoms with E-state index in [1.807, 2.05) is 0 Å². The molecule has 0 saturated heterocycles. The minimum absolute atomic E-state index is 0. The van der Waals surface area contributed by atoms with E-state index >= 15 is 0 Å². The average molecular weight is 246 g/mol. The van der Waals surface area contributed by atoms with Gasteiger partial charge in [-0.1, -0.05) is 12.1 Å². The molecule has 4 N–H and O–H groups in total. The molecule has 16 heavy (non-hydrogen) atoms. The zero-order chi connectivity index (χ0) is 11.3. The highest BCUT2D eigenvalue weighted by atomic mass is 35.5. The predicted octanol–water partition coefficient (Wildman–Crippen LogP) is 1.76. The highest BCUT2D eigenvalue weighted by Crippen LogP contribution is 2.20. The minimum Gasteiger partial charge on any atom is -0.330 e. The molecule has 0 radical (unpaired) electrons. The van der Waals surface area contributed by atoms with E-state index in [9.17, 15) is 10.1 Å². The Labute approximate surface area is 100 Å². The van der Waals surface area contributed by atoms with Crippen LogP contribution in [0.1, 0.15) is 24.4 Å². The van der Waals surface area contributed by atoms with Crippen molar-refractivity contribution in [3.05, 3.63) is 39.9 Å². The number of halogens is 1. The van der Waals surface area contributed by atoms with Crippen molar-refractivity contribution in [2.75, 3.05) is 6.54 Å². The summed E-state index contributed by atoms with van der Waals surface area (Å²) in [6.45, 7) is 0.586. The first kappa shape index (κ1) is 14.8. The average Bonchev–Trinajstić information content (AvgIpc) is 2.26. The maximum absolute atomic E-state index is 10.5. The van der Waals surface area contributed by atoms with Gasteiger partial charge in [-0.15, -0.1) is 12.4 Å². The van der Waals surface area contributed by atoms with Gasteiger partial charge in [-0.25, -0.2) is 0 Å². The van der Waals surface area contributed by atoms with Crippen molar-refractivity contribution >= 4 is 18.1 Å². The molecular formula is C10H16ClN3O2. The smallest absolute Gasteiger partial charge is 0.269 e. The number of nitro groups is 1. The molecule has 0 fully saturated rings. The Hall–Kier alpha value is -1.17. The lowest BCUT2D eigenvalue weighted by Crippen LogP contribution is -2.12. The summed E-state index contributed by atoms with van der Waals surface area (Å²) in [7, 11) is 0. The summed E-state index contributed by atoms with van der Waals surface area (Å²) >= 11 is 0. The normalized spacial score (nSPS) is 11.6. The Balaban J connectivity index is 0.00000225. The molecule has 0 saturated carbocycles. The Kier molecular flexibility index (Phi) is 6.64. The standard InChI is InChI=1S/C10H15N3O2.ClH/c11-6-2-5-10(12)8-3-1-4-9(7-8)13(14)15;/h1,3-4,7,10H,2,5-6,11-12H2;1H/t10-;/m1./s1. The highest BCUT2D eigenvalue weighted by molar-refractivity contribution is 5.85. The summed E-state index contributed by atoms with van der Waals surface area (Å²) in [6, 6.07) is 6.25. The third kappa shape index (κ3) is 4.14. The fraction of sp³-hybridized carbons (Fsp3) is 0.400. The predicted molar refractivity (Wildman–Crippen MR) is 65.6 cm³/mol. The van der Waals surface area contributed by atoms with E-state index in [0.29, 0.717) is 6.54 Å². The topological polar surface area (TPSA) is 95.2 Å². The summed E-state index contributed by atoms with van der Waals surface area (Å²) < 4.78 is 0. The van der Waals surface area contributed by atoms with Gasteiger partial charge in [0, 0.05) is 18.2 Å². The van der Waals surface area contributed by atoms with Crippen molar-refractivity contribution in [2.45, 2.75) is 18.9 Å². The Bertz CT molecular complexity index is 347. The molecule has 0 aliphatic carbocycles. The van der Waals surface area contributed by atoms with Gasteiger partial charge in [0.15, 0.2) is 0 Å². The van der Waals surface area contributed by atoms with Crippen LogP contribution >= 0.6 is 12.4 Å². The molecule has 0 amide bonds. The maximum Gasteiger partial charge on any atom is 0.269 e. The third-order valence-electron chi connectivity index (χ3n) is 2.23. The van der Waals surface area contributed by atoms with Gasteiger partial charge >= 0.3 is 0 Å². The summed E-state index contributed by atoms with van der Waals surface area (Å²) in [5.41, 5.74) is 12.1. The fourth-order valence-electron chi connectivity index (χ4n) is 1.37. The van der Waals surface area contributed by atoms with Gasteiger partial charge in [0.1, 0.15) is 0 Å². The minimum atomic E-state index is -0.418. The monoisotopic (exact) mass is 245 g/mol. The molecule has 5 nitrogen and oxygen atoms in total. The largest absolute Gasteiger partial charge is 0.330 e. The van der Waals surface area contributed by atoms with Crippen molar-refractivity contribution < 1.29 is 4.92 Å². The van der Waals surface area contributed by atoms with Crippen LogP contribution in [0, 0.1) is 10.1 Å². The maximum atomic E-state index is 10.5. The van der Waals surface area contributed by atoms with E-state index in [1.54, 1.807) is 12.1 Å². The van der Waals surface area contributed by atoms with Gasteiger partial charge in [0.2, 0.25) is 0 Å². The molecule has 0 aliphatic heterocycles. The highest BCUT2D eigenvalue weighted by Gasteiger charge is 2.10. The number of nitro benzene ring substituents is 1. The Morgan fingerprint density at radius 2 is 2.12 bits per heavy atom. The number of non-ortho nitro benzene ring substituents is 1. The molecule has 0 heterocycles. The molecular weight excluding hydrogens is 230 g/mol. The SMILES string of the molecule is Cl.NCCC[C@@H](N)c1cccc([N+](=O)[O-])c1. The van der Waals surface area contributed by atoms with Gasteiger partial charge in [-0.3, -0.25) is 10.1 Å². The molecule has 0 aromatic heterocycles. The van der Waals surface area contributed by atoms with E-state index in [4.69, 9.17) is 11.5 Å². The van der Waals surface area contributed by atoms with Crippen LogP contribution in [0.5, 0.6) is 0 Å². The van der Waals surface area contributed by atoms with Crippen molar-refractivity contribution in [1.29, 1.82) is 0 Å². The van der Waals surface area contributed by atoms with Gasteiger partial charge in [0.05, 0.1) is 4.92 Å². The third-order valence-corrected chi connectivity index (χ3v) is 2.23. The van der Waals surface area contributed by atoms with Gasteiger partial charge in [-0.2, -0.15) is 0 Å². The van der Waals surface area contributed by atoms with Crippen LogP contribution in [0.2, 0.25) is 0 Å². The molecule has 0 bridgehead atoms. The number of nitrogens with zero attached hydrogens (tertiary/aromatic N) is 1. The molecule has 1 atom stereocenters. The van der Waals surface area contributed by atoms with E-state index in [2.05, 4.69) is 0 Å². The Morgan fingerprint density at radius 1 is 1.44 bits per heavy atom. The number of rotatable bonds is 5. The first-order chi connectivity index (χ1) is 7.15. The van der Waals surface area contributed by atoms with Crippen molar-refractivity contribution in [3.63, 3.8) is 0 Å². The van der Waals surface area contributed by atoms with Gasteiger partial charge in [0.25, 0.3) is 5.69 Å². The summed E-state index contributed by atoms with van der Waals surface area (Å²) in [5, 5.41) is 10.5. The second kappa shape index (κ2) is 7.16. The number of hydrogen-bond donors (Lipinski definition) is 2. The number of benzene rings is 1. The lowest BCUT2D eigenvalue weighted by Gasteiger charge is -2.10. The van der Waals surface area contributed by atoms with E-state index in [1.165, 1.54) is 12.1 Å². The molecule has 1 rings (SSSR count). The number of nitrogens with two attached hydrogens (primary N) is 2. The van der Waals surface area contributed by atoms with Crippen LogP contribution in [-0.2, 0) is 0 Å². The first-order valence-corrected chi connectivity index (χ1v) is 4.85. The molecule has 0 aliphatic rings. The van der Waals surface area contributed by atoms with Crippen LogP contribution < -0.4 is 11.5 Å². The fourth-order valence-corrected chi connectivity index (χ4v) is 1.37. The van der Waals surface area contributed by atoms with Crippen molar-refractivity contribution in [3.8, 4) is 0 Å². The molecule has 6 heteroatoms. The molecule has 1 aromatic rings. The van der Waals surface area contributed by atoms with E-state index in [0.717, 1.165) is 18.4 Å². The quantitative estimate of drug-likeness (QED) is 0.610. The van der Waals surface area contributed by atoms with Crippen LogP contribution in [0.25, 0.3) is 0 Å². The second-order valence-electron chi connectivity index (χ2n) is 3.39. The summed E-state index contributed by atoms with van der Waals surface area (Å²) in [4.78, 5) is 10.1. The Morgan fingerprint density at radius 3 is 2.69 bits per heavy atom. The molecule has 90 valence electrons. The molecule has 0 unspecified atom stereocenters. The number of hydrogen-bond acceptors (Lipinski definition) is 4. The lowest BCUT2D eigenvalue weighted by molar-refractivity contribution is -0.384. The van der Waals surface area contributed by atoms with Crippen LogP contribution in [0.4, 0.5) is 5.69 Å². The van der Waals surface area contributed by atoms with Crippen LogP contribution in [0.3, 0.4) is 0 Å². The van der Waals surface area contributed by atoms with Gasteiger partial charge in [-0.05, 0) is 24.9 Å². The van der Waals surface area contributed by atoms with Crippen LogP contribution in [0.15, 0.2) is 24.3 Å². The van der Waals surface area contributed by atoms with Crippen molar-refractivity contribution in [2.24, 2.45) is 11.5 Å². The lowest BCUT2D eigenvalue weighted by atomic mass is 10.0. The van der Waals surface area contributed by atoms with E-state index < -0.39 is 4.92 Å². The zero-order valence-electron chi connectivity index (χ0n) is 8.83. The van der Waals surface area contributed by atoms with Gasteiger partial charge < -0.3 is 11.5 Å². The zero-order valence-corrected chi connectivity index (χ0v) is 9.65. The van der Waals surface area contributed by atoms with Crippen LogP contribution in [-0.4, -0.2) is 11.5 Å². The molecule has 0 spiro atoms. The first-order valence-electron chi connectivity index (χ1n) is 4.85.